The molecule has 1 amide bonds. The Morgan fingerprint density at radius 2 is 1.82 bits per heavy atom. The molecule has 1 saturated heterocycles. The molecule has 0 spiro atoms. The van der Waals surface area contributed by atoms with Crippen molar-refractivity contribution in [2.45, 2.75) is 19.3 Å². The lowest BCUT2D eigenvalue weighted by Crippen LogP contribution is -2.27. The standard InChI is InChI=1S/C18H20N2O2/c1-22-13-15-7-9-16(10-8-15)18-19-17(21)12-20(18)11-14-5-3-2-4-6-14/h2-10,18H,11-13H2,1H3,(H,19,21)/t18-/m1/s1. The molecule has 0 saturated carbocycles. The van der Waals surface area contributed by atoms with E-state index in [-0.39, 0.29) is 12.1 Å². The normalized spacial score (nSPS) is 18.4. The van der Waals surface area contributed by atoms with E-state index in [0.29, 0.717) is 13.2 Å². The second-order valence-corrected chi connectivity index (χ2v) is 5.54. The largest absolute Gasteiger partial charge is 0.380 e. The molecule has 114 valence electrons. The smallest absolute Gasteiger partial charge is 0.235 e. The lowest BCUT2D eigenvalue weighted by Gasteiger charge is -2.23. The summed E-state index contributed by atoms with van der Waals surface area (Å²) >= 11 is 0. The van der Waals surface area contributed by atoms with E-state index in [1.54, 1.807) is 7.11 Å². The third kappa shape index (κ3) is 3.35. The van der Waals surface area contributed by atoms with Gasteiger partial charge in [-0.05, 0) is 16.7 Å². The van der Waals surface area contributed by atoms with Crippen LogP contribution in [-0.4, -0.2) is 24.5 Å². The van der Waals surface area contributed by atoms with Crippen LogP contribution in [0.4, 0.5) is 0 Å². The summed E-state index contributed by atoms with van der Waals surface area (Å²) in [6, 6.07) is 18.4. The second-order valence-electron chi connectivity index (χ2n) is 5.54. The quantitative estimate of drug-likeness (QED) is 0.921. The van der Waals surface area contributed by atoms with Crippen LogP contribution in [0.3, 0.4) is 0 Å². The topological polar surface area (TPSA) is 41.6 Å². The third-order valence-electron chi connectivity index (χ3n) is 3.84. The molecule has 4 heteroatoms. The molecule has 2 aromatic rings. The van der Waals surface area contributed by atoms with E-state index in [2.05, 4.69) is 34.5 Å². The molecule has 0 radical (unpaired) electrons. The van der Waals surface area contributed by atoms with E-state index in [1.807, 2.05) is 30.3 Å². The Hall–Kier alpha value is -2.17. The predicted octanol–water partition coefficient (Wildman–Crippen LogP) is 2.46. The molecule has 0 bridgehead atoms. The molecule has 1 atom stereocenters. The zero-order chi connectivity index (χ0) is 15.4. The van der Waals surface area contributed by atoms with Crippen LogP contribution in [0, 0.1) is 0 Å². The van der Waals surface area contributed by atoms with Gasteiger partial charge in [-0.1, -0.05) is 54.6 Å². The Morgan fingerprint density at radius 1 is 1.09 bits per heavy atom. The number of amides is 1. The summed E-state index contributed by atoms with van der Waals surface area (Å²) < 4.78 is 5.13. The molecule has 1 fully saturated rings. The summed E-state index contributed by atoms with van der Waals surface area (Å²) in [4.78, 5) is 14.0. The lowest BCUT2D eigenvalue weighted by molar-refractivity contribution is -0.118. The average Bonchev–Trinajstić information content (AvgIpc) is 2.90. The van der Waals surface area contributed by atoms with Crippen molar-refractivity contribution in [3.05, 3.63) is 71.3 Å². The highest BCUT2D eigenvalue weighted by Crippen LogP contribution is 2.24. The zero-order valence-electron chi connectivity index (χ0n) is 12.7. The number of nitrogens with zero attached hydrogens (tertiary/aromatic N) is 1. The highest BCUT2D eigenvalue weighted by molar-refractivity contribution is 5.80. The van der Waals surface area contributed by atoms with Gasteiger partial charge in [0.1, 0.15) is 6.17 Å². The first-order valence-electron chi connectivity index (χ1n) is 7.41. The van der Waals surface area contributed by atoms with Gasteiger partial charge in [0.15, 0.2) is 0 Å². The van der Waals surface area contributed by atoms with E-state index >= 15 is 0 Å². The van der Waals surface area contributed by atoms with Crippen LogP contribution >= 0.6 is 0 Å². The van der Waals surface area contributed by atoms with Crippen LogP contribution in [0.25, 0.3) is 0 Å². The molecule has 3 rings (SSSR count). The van der Waals surface area contributed by atoms with Crippen molar-refractivity contribution in [1.82, 2.24) is 10.2 Å². The number of benzene rings is 2. The Bertz CT molecular complexity index is 625. The van der Waals surface area contributed by atoms with Crippen molar-refractivity contribution in [2.75, 3.05) is 13.7 Å². The number of rotatable bonds is 5. The molecular formula is C18H20N2O2. The van der Waals surface area contributed by atoms with Crippen LogP contribution in [-0.2, 0) is 22.7 Å². The molecule has 1 aliphatic rings. The van der Waals surface area contributed by atoms with Gasteiger partial charge in [0.05, 0.1) is 13.2 Å². The van der Waals surface area contributed by atoms with Crippen LogP contribution < -0.4 is 5.32 Å². The van der Waals surface area contributed by atoms with E-state index < -0.39 is 0 Å². The Balaban J connectivity index is 1.76. The highest BCUT2D eigenvalue weighted by atomic mass is 16.5. The van der Waals surface area contributed by atoms with Crippen molar-refractivity contribution in [1.29, 1.82) is 0 Å². The van der Waals surface area contributed by atoms with Crippen LogP contribution in [0.1, 0.15) is 22.9 Å². The van der Waals surface area contributed by atoms with Crippen molar-refractivity contribution in [2.24, 2.45) is 0 Å². The molecule has 0 unspecified atom stereocenters. The number of carbonyl (C=O) groups is 1. The number of ether oxygens (including phenoxy) is 1. The highest BCUT2D eigenvalue weighted by Gasteiger charge is 2.30. The van der Waals surface area contributed by atoms with Gasteiger partial charge in [0, 0.05) is 13.7 Å². The fourth-order valence-corrected chi connectivity index (χ4v) is 2.79. The van der Waals surface area contributed by atoms with Crippen molar-refractivity contribution >= 4 is 5.91 Å². The molecular weight excluding hydrogens is 276 g/mol. The van der Waals surface area contributed by atoms with Crippen molar-refractivity contribution < 1.29 is 9.53 Å². The van der Waals surface area contributed by atoms with Gasteiger partial charge in [0.25, 0.3) is 0 Å². The number of nitrogens with one attached hydrogen (secondary N) is 1. The van der Waals surface area contributed by atoms with E-state index in [9.17, 15) is 4.79 Å². The van der Waals surface area contributed by atoms with Crippen molar-refractivity contribution in [3.63, 3.8) is 0 Å². The monoisotopic (exact) mass is 296 g/mol. The van der Waals surface area contributed by atoms with E-state index in [1.165, 1.54) is 5.56 Å². The third-order valence-corrected chi connectivity index (χ3v) is 3.84. The molecule has 4 nitrogen and oxygen atoms in total. The maximum atomic E-state index is 11.8. The lowest BCUT2D eigenvalue weighted by atomic mass is 10.1. The van der Waals surface area contributed by atoms with E-state index in [0.717, 1.165) is 17.7 Å². The van der Waals surface area contributed by atoms with Crippen LogP contribution in [0.15, 0.2) is 54.6 Å². The molecule has 1 N–H and O–H groups in total. The molecule has 0 aliphatic carbocycles. The van der Waals surface area contributed by atoms with Gasteiger partial charge in [0.2, 0.25) is 5.91 Å². The molecule has 2 aromatic carbocycles. The minimum Gasteiger partial charge on any atom is -0.380 e. The van der Waals surface area contributed by atoms with Gasteiger partial charge in [-0.25, -0.2) is 0 Å². The van der Waals surface area contributed by atoms with Gasteiger partial charge in [-0.15, -0.1) is 0 Å². The number of hydrogen-bond acceptors (Lipinski definition) is 3. The summed E-state index contributed by atoms with van der Waals surface area (Å²) in [5.74, 6) is 0.0712. The maximum Gasteiger partial charge on any atom is 0.235 e. The average molecular weight is 296 g/mol. The summed E-state index contributed by atoms with van der Waals surface area (Å²) in [6.07, 6.45) is -0.0655. The number of hydrogen-bond donors (Lipinski definition) is 1. The summed E-state index contributed by atoms with van der Waals surface area (Å²) in [5.41, 5.74) is 3.44. The van der Waals surface area contributed by atoms with Crippen molar-refractivity contribution in [3.8, 4) is 0 Å². The summed E-state index contributed by atoms with van der Waals surface area (Å²) in [5, 5.41) is 3.05. The zero-order valence-corrected chi connectivity index (χ0v) is 12.7. The molecule has 1 aliphatic heterocycles. The Labute approximate surface area is 130 Å². The Kier molecular flexibility index (Phi) is 4.51. The van der Waals surface area contributed by atoms with Gasteiger partial charge in [-0.2, -0.15) is 0 Å². The first-order chi connectivity index (χ1) is 10.8. The van der Waals surface area contributed by atoms with Gasteiger partial charge in [-0.3, -0.25) is 9.69 Å². The summed E-state index contributed by atoms with van der Waals surface area (Å²) in [7, 11) is 1.69. The molecule has 1 heterocycles. The predicted molar refractivity (Wildman–Crippen MR) is 84.9 cm³/mol. The first-order valence-corrected chi connectivity index (χ1v) is 7.41. The molecule has 22 heavy (non-hydrogen) atoms. The first kappa shape index (κ1) is 14.8. The number of methoxy groups -OCH3 is 1. The minimum atomic E-state index is -0.0655. The number of carbonyl (C=O) groups excluding carboxylic acids is 1. The fourth-order valence-electron chi connectivity index (χ4n) is 2.79. The Morgan fingerprint density at radius 3 is 2.50 bits per heavy atom. The minimum absolute atomic E-state index is 0.0655. The SMILES string of the molecule is COCc1ccc([C@@H]2NC(=O)CN2Cc2ccccc2)cc1. The van der Waals surface area contributed by atoms with Gasteiger partial charge >= 0.3 is 0 Å². The second kappa shape index (κ2) is 6.73. The van der Waals surface area contributed by atoms with Crippen LogP contribution in [0.5, 0.6) is 0 Å². The van der Waals surface area contributed by atoms with Gasteiger partial charge < -0.3 is 10.1 Å². The fraction of sp³-hybridized carbons (Fsp3) is 0.278. The summed E-state index contributed by atoms with van der Waals surface area (Å²) in [6.45, 7) is 1.79. The maximum absolute atomic E-state index is 11.8. The van der Waals surface area contributed by atoms with E-state index in [4.69, 9.17) is 4.74 Å². The molecule has 0 aromatic heterocycles. The van der Waals surface area contributed by atoms with Crippen LogP contribution in [0.2, 0.25) is 0 Å².